The van der Waals surface area contributed by atoms with E-state index in [1.54, 1.807) is 18.3 Å². The van der Waals surface area contributed by atoms with E-state index in [1.807, 2.05) is 17.5 Å². The number of nitrogens with zero attached hydrogens (tertiary/aromatic N) is 1. The number of carbonyl (C=O) groups is 1. The quantitative estimate of drug-likeness (QED) is 0.739. The van der Waals surface area contributed by atoms with Crippen molar-refractivity contribution in [1.82, 2.24) is 10.2 Å². The Balaban J connectivity index is 1.60. The van der Waals surface area contributed by atoms with Crippen molar-refractivity contribution >= 4 is 17.2 Å². The molecule has 1 aliphatic rings. The summed E-state index contributed by atoms with van der Waals surface area (Å²) >= 11 is 1.65. The zero-order valence-corrected chi connectivity index (χ0v) is 16.1. The molecule has 27 heavy (non-hydrogen) atoms. The van der Waals surface area contributed by atoms with Crippen LogP contribution in [0.15, 0.2) is 35.7 Å². The Kier molecular flexibility index (Phi) is 6.93. The molecule has 1 aromatic heterocycles. The first-order valence-corrected chi connectivity index (χ1v) is 10.00. The molecule has 2 aromatic rings. The Bertz CT molecular complexity index is 748. The number of hydrogen-bond acceptors (Lipinski definition) is 4. The van der Waals surface area contributed by atoms with Gasteiger partial charge in [0.2, 0.25) is 5.91 Å². The minimum absolute atomic E-state index is 0.143. The molecule has 7 heteroatoms. The molecular weight excluding hydrogens is 370 g/mol. The van der Waals surface area contributed by atoms with Crippen LogP contribution >= 0.6 is 11.3 Å². The summed E-state index contributed by atoms with van der Waals surface area (Å²) in [6.07, 6.45) is 2.19. The number of ether oxygens (including phenoxy) is 1. The molecule has 1 amide bonds. The van der Waals surface area contributed by atoms with Crippen LogP contribution < -0.4 is 5.32 Å². The van der Waals surface area contributed by atoms with Gasteiger partial charge in [0.05, 0.1) is 18.7 Å². The SMILES string of the molecule is CC(NC(=O)CN(Cc1cccs1)CC1CCCO1)c1ccc(F)cc1F. The first kappa shape index (κ1) is 19.9. The second-order valence-corrected chi connectivity index (χ2v) is 7.87. The standard InChI is InChI=1S/C20H24F2N2O2S/c1-14(18-7-6-15(21)10-19(18)22)23-20(25)13-24(11-16-4-2-8-26-16)12-17-5-3-9-27-17/h3,5-7,9-10,14,16H,2,4,8,11-13H2,1H3,(H,23,25). The Morgan fingerprint density at radius 1 is 1.41 bits per heavy atom. The Morgan fingerprint density at radius 2 is 2.26 bits per heavy atom. The third-order valence-corrected chi connectivity index (χ3v) is 5.48. The topological polar surface area (TPSA) is 41.6 Å². The Hall–Kier alpha value is -1.83. The molecule has 2 atom stereocenters. The van der Waals surface area contributed by atoms with E-state index in [4.69, 9.17) is 4.74 Å². The summed E-state index contributed by atoms with van der Waals surface area (Å²) in [6.45, 7) is 4.02. The second-order valence-electron chi connectivity index (χ2n) is 6.84. The molecule has 0 aliphatic carbocycles. The molecule has 0 spiro atoms. The molecule has 1 fully saturated rings. The minimum Gasteiger partial charge on any atom is -0.377 e. The van der Waals surface area contributed by atoms with Crippen molar-refractivity contribution < 1.29 is 18.3 Å². The van der Waals surface area contributed by atoms with E-state index in [0.29, 0.717) is 13.1 Å². The van der Waals surface area contributed by atoms with Crippen LogP contribution in [0.5, 0.6) is 0 Å². The van der Waals surface area contributed by atoms with Gasteiger partial charge in [-0.3, -0.25) is 9.69 Å². The molecule has 1 aromatic carbocycles. The van der Waals surface area contributed by atoms with Gasteiger partial charge in [-0.25, -0.2) is 8.78 Å². The summed E-state index contributed by atoms with van der Waals surface area (Å²) < 4.78 is 32.7. The second kappa shape index (κ2) is 9.39. The summed E-state index contributed by atoms with van der Waals surface area (Å²) in [6, 6.07) is 6.89. The smallest absolute Gasteiger partial charge is 0.234 e. The van der Waals surface area contributed by atoms with E-state index in [9.17, 15) is 13.6 Å². The summed E-state index contributed by atoms with van der Waals surface area (Å²) in [5.41, 5.74) is 0.272. The molecule has 2 unspecified atom stereocenters. The van der Waals surface area contributed by atoms with Gasteiger partial charge in [-0.15, -0.1) is 11.3 Å². The van der Waals surface area contributed by atoms with Gasteiger partial charge < -0.3 is 10.1 Å². The number of rotatable bonds is 8. The van der Waals surface area contributed by atoms with Gasteiger partial charge in [0.15, 0.2) is 0 Å². The lowest BCUT2D eigenvalue weighted by molar-refractivity contribution is -0.123. The number of benzene rings is 1. The largest absolute Gasteiger partial charge is 0.377 e. The molecule has 0 saturated carbocycles. The highest BCUT2D eigenvalue weighted by Gasteiger charge is 2.22. The third kappa shape index (κ3) is 5.82. The van der Waals surface area contributed by atoms with Crippen LogP contribution in [0, 0.1) is 11.6 Å². The van der Waals surface area contributed by atoms with Gasteiger partial charge in [-0.05, 0) is 37.3 Å². The van der Waals surface area contributed by atoms with Crippen molar-refractivity contribution in [2.75, 3.05) is 19.7 Å². The van der Waals surface area contributed by atoms with E-state index in [0.717, 1.165) is 25.5 Å². The van der Waals surface area contributed by atoms with Crippen molar-refractivity contribution in [3.63, 3.8) is 0 Å². The summed E-state index contributed by atoms with van der Waals surface area (Å²) in [7, 11) is 0. The van der Waals surface area contributed by atoms with Crippen LogP contribution in [-0.4, -0.2) is 36.6 Å². The van der Waals surface area contributed by atoms with Gasteiger partial charge in [-0.1, -0.05) is 12.1 Å². The number of amides is 1. The van der Waals surface area contributed by atoms with Crippen molar-refractivity contribution in [2.45, 2.75) is 38.5 Å². The highest BCUT2D eigenvalue weighted by Crippen LogP contribution is 2.19. The van der Waals surface area contributed by atoms with E-state index >= 15 is 0 Å². The lowest BCUT2D eigenvalue weighted by atomic mass is 10.1. The average molecular weight is 394 g/mol. The lowest BCUT2D eigenvalue weighted by Gasteiger charge is -2.25. The van der Waals surface area contributed by atoms with Crippen molar-refractivity contribution in [1.29, 1.82) is 0 Å². The highest BCUT2D eigenvalue weighted by atomic mass is 32.1. The van der Waals surface area contributed by atoms with E-state index in [1.165, 1.54) is 17.0 Å². The Morgan fingerprint density at radius 3 is 2.93 bits per heavy atom. The summed E-state index contributed by atoms with van der Waals surface area (Å²) in [4.78, 5) is 15.8. The number of carbonyl (C=O) groups excluding carboxylic acids is 1. The Labute approximate surface area is 162 Å². The van der Waals surface area contributed by atoms with Crippen molar-refractivity contribution in [3.05, 3.63) is 57.8 Å². The lowest BCUT2D eigenvalue weighted by Crippen LogP contribution is -2.41. The first-order chi connectivity index (χ1) is 13.0. The van der Waals surface area contributed by atoms with E-state index in [-0.39, 0.29) is 24.1 Å². The zero-order chi connectivity index (χ0) is 19.2. The average Bonchev–Trinajstić information content (AvgIpc) is 3.28. The predicted molar refractivity (Wildman–Crippen MR) is 101 cm³/mol. The van der Waals surface area contributed by atoms with Gasteiger partial charge in [0.25, 0.3) is 0 Å². The molecule has 3 rings (SSSR count). The minimum atomic E-state index is -0.655. The van der Waals surface area contributed by atoms with Crippen LogP contribution in [0.4, 0.5) is 8.78 Å². The molecule has 146 valence electrons. The van der Waals surface area contributed by atoms with Crippen LogP contribution in [0.3, 0.4) is 0 Å². The third-order valence-electron chi connectivity index (χ3n) is 4.62. The molecule has 4 nitrogen and oxygen atoms in total. The highest BCUT2D eigenvalue weighted by molar-refractivity contribution is 7.09. The number of thiophene rings is 1. The van der Waals surface area contributed by atoms with Crippen LogP contribution in [-0.2, 0) is 16.1 Å². The number of halogens is 2. The molecule has 0 radical (unpaired) electrons. The molecule has 2 heterocycles. The predicted octanol–water partition coefficient (Wildman–Crippen LogP) is 3.88. The zero-order valence-electron chi connectivity index (χ0n) is 15.3. The van der Waals surface area contributed by atoms with Gasteiger partial charge in [0, 0.05) is 36.2 Å². The van der Waals surface area contributed by atoms with Crippen LogP contribution in [0.1, 0.15) is 36.2 Å². The normalized spacial score (nSPS) is 18.0. The van der Waals surface area contributed by atoms with Gasteiger partial charge in [-0.2, -0.15) is 0 Å². The maximum Gasteiger partial charge on any atom is 0.234 e. The maximum absolute atomic E-state index is 13.9. The van der Waals surface area contributed by atoms with Gasteiger partial charge >= 0.3 is 0 Å². The van der Waals surface area contributed by atoms with Gasteiger partial charge in [0.1, 0.15) is 11.6 Å². The van der Waals surface area contributed by atoms with Crippen LogP contribution in [0.25, 0.3) is 0 Å². The number of hydrogen-bond donors (Lipinski definition) is 1. The van der Waals surface area contributed by atoms with E-state index < -0.39 is 17.7 Å². The molecular formula is C20H24F2N2O2S. The first-order valence-electron chi connectivity index (χ1n) is 9.12. The molecule has 1 aliphatic heterocycles. The fraction of sp³-hybridized carbons (Fsp3) is 0.450. The fourth-order valence-electron chi connectivity index (χ4n) is 3.30. The number of nitrogens with one attached hydrogen (secondary N) is 1. The fourth-order valence-corrected chi connectivity index (χ4v) is 4.05. The molecule has 1 saturated heterocycles. The van der Waals surface area contributed by atoms with Crippen molar-refractivity contribution in [3.8, 4) is 0 Å². The summed E-state index contributed by atoms with van der Waals surface area (Å²) in [5, 5.41) is 4.82. The molecule has 0 bridgehead atoms. The summed E-state index contributed by atoms with van der Waals surface area (Å²) in [5.74, 6) is -1.48. The van der Waals surface area contributed by atoms with E-state index in [2.05, 4.69) is 10.2 Å². The van der Waals surface area contributed by atoms with Crippen molar-refractivity contribution in [2.24, 2.45) is 0 Å². The van der Waals surface area contributed by atoms with Crippen LogP contribution in [0.2, 0.25) is 0 Å². The monoisotopic (exact) mass is 394 g/mol. The maximum atomic E-state index is 13.9. The molecule has 1 N–H and O–H groups in total.